The molecule has 1 unspecified atom stereocenters. The van der Waals surface area contributed by atoms with Crippen molar-refractivity contribution in [2.45, 2.75) is 59.3 Å². The van der Waals surface area contributed by atoms with Crippen LogP contribution in [0, 0.1) is 11.3 Å². The molecule has 0 aliphatic carbocycles. The molecule has 1 atom stereocenters. The van der Waals surface area contributed by atoms with Crippen molar-refractivity contribution in [2.75, 3.05) is 0 Å². The molecule has 0 radical (unpaired) electrons. The summed E-state index contributed by atoms with van der Waals surface area (Å²) in [6.45, 7) is 11.3. The van der Waals surface area contributed by atoms with E-state index in [-0.39, 0.29) is 0 Å². The summed E-state index contributed by atoms with van der Waals surface area (Å²) in [6.07, 6.45) is 3.56. The average molecular weight is 191 g/mol. The number of rotatable bonds is 5. The van der Waals surface area contributed by atoms with Gasteiger partial charge in [0, 0.05) is 5.38 Å². The van der Waals surface area contributed by atoms with E-state index in [0.29, 0.717) is 10.8 Å². The topological polar surface area (TPSA) is 0 Å². The molecule has 0 fully saturated rings. The van der Waals surface area contributed by atoms with Crippen LogP contribution in [0.5, 0.6) is 0 Å². The summed E-state index contributed by atoms with van der Waals surface area (Å²) in [7, 11) is 0. The van der Waals surface area contributed by atoms with Gasteiger partial charge in [-0.25, -0.2) is 0 Å². The molecule has 0 nitrogen and oxygen atoms in total. The molecular formula is C11H23Cl. The highest BCUT2D eigenvalue weighted by Gasteiger charge is 2.32. The second-order valence-electron chi connectivity index (χ2n) is 4.21. The van der Waals surface area contributed by atoms with Crippen molar-refractivity contribution in [2.24, 2.45) is 11.3 Å². The molecule has 0 N–H and O–H groups in total. The number of halogens is 1. The van der Waals surface area contributed by atoms with Crippen LogP contribution in [0.4, 0.5) is 0 Å². The van der Waals surface area contributed by atoms with Crippen LogP contribution in [0.15, 0.2) is 0 Å². The van der Waals surface area contributed by atoms with Crippen LogP contribution in [-0.4, -0.2) is 5.38 Å². The molecule has 74 valence electrons. The first kappa shape index (κ1) is 12.3. The van der Waals surface area contributed by atoms with Gasteiger partial charge in [-0.05, 0) is 17.8 Å². The molecule has 0 aromatic carbocycles. The smallest absolute Gasteiger partial charge is 0.0387 e. The number of alkyl halides is 1. The van der Waals surface area contributed by atoms with E-state index in [0.717, 1.165) is 12.3 Å². The Bertz CT molecular complexity index is 114. The lowest BCUT2D eigenvalue weighted by Crippen LogP contribution is -2.32. The number of hydrogen-bond donors (Lipinski definition) is 0. The fraction of sp³-hybridized carbons (Fsp3) is 1.00. The van der Waals surface area contributed by atoms with Crippen LogP contribution >= 0.6 is 11.6 Å². The van der Waals surface area contributed by atoms with Crippen LogP contribution < -0.4 is 0 Å². The quantitative estimate of drug-likeness (QED) is 0.562. The minimum Gasteiger partial charge on any atom is -0.122 e. The maximum absolute atomic E-state index is 6.31. The third-order valence-corrected chi connectivity index (χ3v) is 4.07. The van der Waals surface area contributed by atoms with E-state index >= 15 is 0 Å². The molecular weight excluding hydrogens is 168 g/mol. The molecule has 0 heterocycles. The first-order valence-corrected chi connectivity index (χ1v) is 5.58. The van der Waals surface area contributed by atoms with Gasteiger partial charge in [0.15, 0.2) is 0 Å². The Balaban J connectivity index is 4.33. The molecule has 0 amide bonds. The van der Waals surface area contributed by atoms with E-state index in [4.69, 9.17) is 11.6 Å². The largest absolute Gasteiger partial charge is 0.122 e. The Morgan fingerprint density at radius 3 is 1.67 bits per heavy atom. The summed E-state index contributed by atoms with van der Waals surface area (Å²) in [5, 5.41) is 0.322. The van der Waals surface area contributed by atoms with Crippen molar-refractivity contribution in [3.63, 3.8) is 0 Å². The zero-order valence-electron chi connectivity index (χ0n) is 9.15. The van der Waals surface area contributed by atoms with E-state index in [1.54, 1.807) is 0 Å². The lowest BCUT2D eigenvalue weighted by molar-refractivity contribution is 0.186. The first-order chi connectivity index (χ1) is 5.50. The third kappa shape index (κ3) is 2.65. The normalized spacial score (nSPS) is 15.2. The van der Waals surface area contributed by atoms with Crippen molar-refractivity contribution in [3.05, 3.63) is 0 Å². The predicted octanol–water partition coefficient (Wildman–Crippen LogP) is 4.47. The summed E-state index contributed by atoms with van der Waals surface area (Å²) in [5.74, 6) is 0.764. The molecule has 1 heteroatoms. The molecule has 0 rings (SSSR count). The SMILES string of the molecule is CCC(Cl)C(C)(C)C(CC)CC. The third-order valence-electron chi connectivity index (χ3n) is 3.20. The van der Waals surface area contributed by atoms with E-state index in [1.807, 2.05) is 0 Å². The lowest BCUT2D eigenvalue weighted by Gasteiger charge is -2.37. The van der Waals surface area contributed by atoms with Gasteiger partial charge in [0.25, 0.3) is 0 Å². The molecule has 0 aromatic rings. The molecule has 0 aliphatic heterocycles. The van der Waals surface area contributed by atoms with Crippen molar-refractivity contribution < 1.29 is 0 Å². The number of hydrogen-bond acceptors (Lipinski definition) is 0. The summed E-state index contributed by atoms with van der Waals surface area (Å²) >= 11 is 6.31. The second-order valence-corrected chi connectivity index (χ2v) is 4.74. The zero-order valence-corrected chi connectivity index (χ0v) is 9.91. The summed E-state index contributed by atoms with van der Waals surface area (Å²) in [5.41, 5.74) is 0.291. The van der Waals surface area contributed by atoms with Gasteiger partial charge >= 0.3 is 0 Å². The van der Waals surface area contributed by atoms with Gasteiger partial charge in [-0.15, -0.1) is 11.6 Å². The van der Waals surface area contributed by atoms with Gasteiger partial charge in [-0.3, -0.25) is 0 Å². The van der Waals surface area contributed by atoms with Crippen LogP contribution in [-0.2, 0) is 0 Å². The standard InChI is InChI=1S/C11H23Cl/c1-6-9(7-2)11(4,5)10(12)8-3/h9-10H,6-8H2,1-5H3. The first-order valence-electron chi connectivity index (χ1n) is 5.14. The Morgan fingerprint density at radius 1 is 1.00 bits per heavy atom. The highest BCUT2D eigenvalue weighted by molar-refractivity contribution is 6.21. The fourth-order valence-corrected chi connectivity index (χ4v) is 2.30. The average Bonchev–Trinajstić information content (AvgIpc) is 2.04. The molecule has 12 heavy (non-hydrogen) atoms. The monoisotopic (exact) mass is 190 g/mol. The summed E-state index contributed by atoms with van der Waals surface area (Å²) < 4.78 is 0. The summed E-state index contributed by atoms with van der Waals surface area (Å²) in [4.78, 5) is 0. The van der Waals surface area contributed by atoms with Gasteiger partial charge in [0.1, 0.15) is 0 Å². The van der Waals surface area contributed by atoms with Crippen LogP contribution in [0.25, 0.3) is 0 Å². The van der Waals surface area contributed by atoms with Gasteiger partial charge in [0.05, 0.1) is 0 Å². The zero-order chi connectivity index (χ0) is 9.78. The Kier molecular flexibility index (Phi) is 5.24. The molecule has 0 saturated carbocycles. The molecule has 0 spiro atoms. The van der Waals surface area contributed by atoms with Crippen LogP contribution in [0.2, 0.25) is 0 Å². The maximum Gasteiger partial charge on any atom is 0.0387 e. The second kappa shape index (κ2) is 5.11. The van der Waals surface area contributed by atoms with E-state index in [1.165, 1.54) is 12.8 Å². The van der Waals surface area contributed by atoms with Crippen molar-refractivity contribution in [1.82, 2.24) is 0 Å². The van der Waals surface area contributed by atoms with E-state index in [9.17, 15) is 0 Å². The van der Waals surface area contributed by atoms with E-state index in [2.05, 4.69) is 34.6 Å². The van der Waals surface area contributed by atoms with Crippen molar-refractivity contribution in [1.29, 1.82) is 0 Å². The maximum atomic E-state index is 6.31. The van der Waals surface area contributed by atoms with Gasteiger partial charge in [0.2, 0.25) is 0 Å². The minimum absolute atomic E-state index is 0.291. The van der Waals surface area contributed by atoms with Gasteiger partial charge in [-0.1, -0.05) is 47.5 Å². The van der Waals surface area contributed by atoms with Crippen molar-refractivity contribution >= 4 is 11.6 Å². The highest BCUT2D eigenvalue weighted by atomic mass is 35.5. The molecule has 0 saturated heterocycles. The molecule has 0 aromatic heterocycles. The fourth-order valence-electron chi connectivity index (χ4n) is 2.12. The lowest BCUT2D eigenvalue weighted by atomic mass is 9.72. The summed E-state index contributed by atoms with van der Waals surface area (Å²) in [6, 6.07) is 0. The Labute approximate surface area is 82.7 Å². The minimum atomic E-state index is 0.291. The van der Waals surface area contributed by atoms with Crippen LogP contribution in [0.1, 0.15) is 53.9 Å². The van der Waals surface area contributed by atoms with Crippen LogP contribution in [0.3, 0.4) is 0 Å². The van der Waals surface area contributed by atoms with Gasteiger partial charge in [-0.2, -0.15) is 0 Å². The van der Waals surface area contributed by atoms with Crippen molar-refractivity contribution in [3.8, 4) is 0 Å². The molecule has 0 bridgehead atoms. The molecule has 0 aliphatic rings. The van der Waals surface area contributed by atoms with E-state index < -0.39 is 0 Å². The Hall–Kier alpha value is 0.290. The highest BCUT2D eigenvalue weighted by Crippen LogP contribution is 2.39. The Morgan fingerprint density at radius 2 is 1.42 bits per heavy atom. The predicted molar refractivity (Wildman–Crippen MR) is 57.8 cm³/mol. The van der Waals surface area contributed by atoms with Gasteiger partial charge < -0.3 is 0 Å².